The van der Waals surface area contributed by atoms with Gasteiger partial charge in [0.15, 0.2) is 11.5 Å². The number of hydrogen-bond donors (Lipinski definition) is 1. The van der Waals surface area contributed by atoms with Crippen LogP contribution in [-0.2, 0) is 0 Å². The zero-order valence-corrected chi connectivity index (χ0v) is 10.8. The second-order valence-corrected chi connectivity index (χ2v) is 4.41. The zero-order chi connectivity index (χ0) is 14.1. The highest BCUT2D eigenvalue weighted by Crippen LogP contribution is 2.43. The standard InChI is InChI=1S/C15H13FO4/c1-18-12-6-10(7-13-15(12)20-8-19-13)14(17)9-2-4-11(16)5-3-9/h2-7,14,17H,8H2,1H3. The summed E-state index contributed by atoms with van der Waals surface area (Å²) in [5.41, 5.74) is 1.19. The first-order chi connectivity index (χ1) is 9.69. The lowest BCUT2D eigenvalue weighted by atomic mass is 10.0. The van der Waals surface area contributed by atoms with Gasteiger partial charge in [-0.2, -0.15) is 0 Å². The van der Waals surface area contributed by atoms with Crippen molar-refractivity contribution < 1.29 is 23.7 Å². The number of aliphatic hydroxyl groups excluding tert-OH is 1. The third-order valence-corrected chi connectivity index (χ3v) is 3.18. The molecule has 0 saturated heterocycles. The van der Waals surface area contributed by atoms with Crippen LogP contribution in [0.4, 0.5) is 4.39 Å². The van der Waals surface area contributed by atoms with Crippen LogP contribution >= 0.6 is 0 Å². The molecular formula is C15H13FO4. The van der Waals surface area contributed by atoms with Crippen LogP contribution in [0.2, 0.25) is 0 Å². The summed E-state index contributed by atoms with van der Waals surface area (Å²) in [7, 11) is 1.52. The maximum atomic E-state index is 12.9. The van der Waals surface area contributed by atoms with Crippen LogP contribution in [-0.4, -0.2) is 19.0 Å². The second-order valence-electron chi connectivity index (χ2n) is 4.41. The van der Waals surface area contributed by atoms with Crippen LogP contribution in [0, 0.1) is 5.82 Å². The van der Waals surface area contributed by atoms with Gasteiger partial charge in [-0.3, -0.25) is 0 Å². The van der Waals surface area contributed by atoms with Gasteiger partial charge < -0.3 is 19.3 Å². The minimum atomic E-state index is -0.890. The van der Waals surface area contributed by atoms with Crippen molar-refractivity contribution in [2.45, 2.75) is 6.10 Å². The lowest BCUT2D eigenvalue weighted by Crippen LogP contribution is -2.00. The molecule has 1 N–H and O–H groups in total. The number of halogens is 1. The smallest absolute Gasteiger partial charge is 0.231 e. The molecule has 2 aromatic rings. The van der Waals surface area contributed by atoms with Gasteiger partial charge in [-0.25, -0.2) is 4.39 Å². The number of methoxy groups -OCH3 is 1. The van der Waals surface area contributed by atoms with E-state index in [1.165, 1.54) is 31.4 Å². The second kappa shape index (κ2) is 5.02. The van der Waals surface area contributed by atoms with Crippen LogP contribution in [0.15, 0.2) is 36.4 Å². The molecule has 0 fully saturated rings. The summed E-state index contributed by atoms with van der Waals surface area (Å²) in [5.74, 6) is 1.21. The van der Waals surface area contributed by atoms with Crippen LogP contribution in [0.5, 0.6) is 17.2 Å². The minimum absolute atomic E-state index is 0.127. The quantitative estimate of drug-likeness (QED) is 0.936. The molecule has 1 aliphatic rings. The van der Waals surface area contributed by atoms with Crippen LogP contribution < -0.4 is 14.2 Å². The van der Waals surface area contributed by atoms with E-state index >= 15 is 0 Å². The fourth-order valence-electron chi connectivity index (χ4n) is 2.15. The van der Waals surface area contributed by atoms with Crippen molar-refractivity contribution in [2.75, 3.05) is 13.9 Å². The minimum Gasteiger partial charge on any atom is -0.493 e. The molecule has 5 heteroatoms. The highest BCUT2D eigenvalue weighted by molar-refractivity contribution is 5.56. The lowest BCUT2D eigenvalue weighted by molar-refractivity contribution is 0.171. The molecular weight excluding hydrogens is 263 g/mol. The molecule has 3 rings (SSSR count). The maximum absolute atomic E-state index is 12.9. The number of benzene rings is 2. The van der Waals surface area contributed by atoms with E-state index in [1.54, 1.807) is 12.1 Å². The Morgan fingerprint density at radius 3 is 2.60 bits per heavy atom. The van der Waals surface area contributed by atoms with Gasteiger partial charge in [0.05, 0.1) is 7.11 Å². The Balaban J connectivity index is 1.99. The van der Waals surface area contributed by atoms with Crippen LogP contribution in [0.1, 0.15) is 17.2 Å². The molecule has 0 spiro atoms. The van der Waals surface area contributed by atoms with E-state index < -0.39 is 6.10 Å². The maximum Gasteiger partial charge on any atom is 0.231 e. The Morgan fingerprint density at radius 1 is 1.15 bits per heavy atom. The highest BCUT2D eigenvalue weighted by atomic mass is 19.1. The van der Waals surface area contributed by atoms with Crippen molar-refractivity contribution in [1.82, 2.24) is 0 Å². The topological polar surface area (TPSA) is 47.9 Å². The molecule has 0 aromatic heterocycles. The van der Waals surface area contributed by atoms with Gasteiger partial charge in [-0.1, -0.05) is 12.1 Å². The third-order valence-electron chi connectivity index (χ3n) is 3.18. The average Bonchev–Trinajstić information content (AvgIpc) is 2.94. The van der Waals surface area contributed by atoms with E-state index in [1.807, 2.05) is 0 Å². The van der Waals surface area contributed by atoms with E-state index in [4.69, 9.17) is 14.2 Å². The normalized spacial score (nSPS) is 14.2. The summed E-state index contributed by atoms with van der Waals surface area (Å²) in [4.78, 5) is 0. The molecule has 0 bridgehead atoms. The fourth-order valence-corrected chi connectivity index (χ4v) is 2.15. The van der Waals surface area contributed by atoms with Gasteiger partial charge in [0.1, 0.15) is 11.9 Å². The van der Waals surface area contributed by atoms with Crippen molar-refractivity contribution in [3.05, 3.63) is 53.3 Å². The predicted molar refractivity (Wildman–Crippen MR) is 69.6 cm³/mol. The first kappa shape index (κ1) is 12.7. The van der Waals surface area contributed by atoms with E-state index in [0.717, 1.165) is 0 Å². The molecule has 1 atom stereocenters. The molecule has 0 aliphatic carbocycles. The van der Waals surface area contributed by atoms with Crippen molar-refractivity contribution in [1.29, 1.82) is 0 Å². The number of fused-ring (bicyclic) bond motifs is 1. The number of aliphatic hydroxyl groups is 1. The van der Waals surface area contributed by atoms with Gasteiger partial charge in [0.25, 0.3) is 0 Å². The van der Waals surface area contributed by atoms with Gasteiger partial charge in [-0.05, 0) is 35.4 Å². The first-order valence-corrected chi connectivity index (χ1v) is 6.10. The number of rotatable bonds is 3. The van der Waals surface area contributed by atoms with Crippen molar-refractivity contribution >= 4 is 0 Å². The monoisotopic (exact) mass is 276 g/mol. The van der Waals surface area contributed by atoms with Crippen molar-refractivity contribution in [3.63, 3.8) is 0 Å². The van der Waals surface area contributed by atoms with Crippen molar-refractivity contribution in [3.8, 4) is 17.2 Å². The summed E-state index contributed by atoms with van der Waals surface area (Å²) < 4.78 is 28.8. The largest absolute Gasteiger partial charge is 0.493 e. The fraction of sp³-hybridized carbons (Fsp3) is 0.200. The number of ether oxygens (including phenoxy) is 3. The molecule has 20 heavy (non-hydrogen) atoms. The molecule has 1 heterocycles. The average molecular weight is 276 g/mol. The molecule has 4 nitrogen and oxygen atoms in total. The Bertz CT molecular complexity index is 625. The lowest BCUT2D eigenvalue weighted by Gasteiger charge is -2.14. The molecule has 0 amide bonds. The molecule has 0 saturated carbocycles. The summed E-state index contributed by atoms with van der Waals surface area (Å²) >= 11 is 0. The van der Waals surface area contributed by atoms with Gasteiger partial charge in [0.2, 0.25) is 12.5 Å². The first-order valence-electron chi connectivity index (χ1n) is 6.10. The highest BCUT2D eigenvalue weighted by Gasteiger charge is 2.23. The van der Waals surface area contributed by atoms with E-state index in [0.29, 0.717) is 28.4 Å². The molecule has 0 radical (unpaired) electrons. The van der Waals surface area contributed by atoms with Gasteiger partial charge in [0, 0.05) is 0 Å². The SMILES string of the molecule is COc1cc(C(O)c2ccc(F)cc2)cc2c1OCO2. The van der Waals surface area contributed by atoms with Gasteiger partial charge >= 0.3 is 0 Å². The van der Waals surface area contributed by atoms with E-state index in [-0.39, 0.29) is 12.6 Å². The molecule has 1 aliphatic heterocycles. The molecule has 1 unspecified atom stereocenters. The Morgan fingerprint density at radius 2 is 1.90 bits per heavy atom. The van der Waals surface area contributed by atoms with Crippen molar-refractivity contribution in [2.24, 2.45) is 0 Å². The molecule has 2 aromatic carbocycles. The Hall–Kier alpha value is -2.27. The summed E-state index contributed by atoms with van der Waals surface area (Å²) in [5, 5.41) is 10.4. The Kier molecular flexibility index (Phi) is 3.20. The number of hydrogen-bond acceptors (Lipinski definition) is 4. The molecule has 104 valence electrons. The van der Waals surface area contributed by atoms with Gasteiger partial charge in [-0.15, -0.1) is 0 Å². The van der Waals surface area contributed by atoms with Crippen LogP contribution in [0.3, 0.4) is 0 Å². The summed E-state index contributed by atoms with van der Waals surface area (Å²) in [6.45, 7) is 0.127. The predicted octanol–water partition coefficient (Wildman–Crippen LogP) is 2.64. The zero-order valence-electron chi connectivity index (χ0n) is 10.8. The summed E-state index contributed by atoms with van der Waals surface area (Å²) in [6.07, 6.45) is -0.890. The van der Waals surface area contributed by atoms with Crippen LogP contribution in [0.25, 0.3) is 0 Å². The summed E-state index contributed by atoms with van der Waals surface area (Å²) in [6, 6.07) is 9.07. The third kappa shape index (κ3) is 2.16. The Labute approximate surface area is 115 Å². The van der Waals surface area contributed by atoms with E-state index in [2.05, 4.69) is 0 Å². The van der Waals surface area contributed by atoms with E-state index in [9.17, 15) is 9.50 Å².